The Morgan fingerprint density at radius 3 is 2.73 bits per heavy atom. The molecule has 0 aromatic carbocycles. The summed E-state index contributed by atoms with van der Waals surface area (Å²) in [5.41, 5.74) is 0.807. The number of hydrogen-bond acceptors (Lipinski definition) is 1. The first kappa shape index (κ1) is 10.1. The van der Waals surface area contributed by atoms with Gasteiger partial charge in [0.15, 0.2) is 0 Å². The van der Waals surface area contributed by atoms with Crippen molar-refractivity contribution in [3.63, 3.8) is 0 Å². The summed E-state index contributed by atoms with van der Waals surface area (Å²) in [4.78, 5) is 0. The molecule has 3 unspecified atom stereocenters. The second kappa shape index (κ2) is 3.23. The SMILES string of the molecule is CC1(C)CCCC2(CCC3CC3CO2)C1. The van der Waals surface area contributed by atoms with Gasteiger partial charge in [-0.25, -0.2) is 0 Å². The van der Waals surface area contributed by atoms with E-state index in [1.54, 1.807) is 0 Å². The van der Waals surface area contributed by atoms with Crippen LogP contribution in [0.1, 0.15) is 58.8 Å². The normalized spacial score (nSPS) is 48.4. The minimum atomic E-state index is 0.287. The lowest BCUT2D eigenvalue weighted by Crippen LogP contribution is -2.41. The molecule has 1 heteroatoms. The molecule has 0 N–H and O–H groups in total. The van der Waals surface area contributed by atoms with E-state index in [4.69, 9.17) is 4.74 Å². The highest BCUT2D eigenvalue weighted by molar-refractivity contribution is 4.98. The first-order valence-corrected chi connectivity index (χ1v) is 6.73. The van der Waals surface area contributed by atoms with E-state index in [0.717, 1.165) is 18.4 Å². The number of hydrogen-bond donors (Lipinski definition) is 0. The predicted molar refractivity (Wildman–Crippen MR) is 61.8 cm³/mol. The van der Waals surface area contributed by atoms with Gasteiger partial charge in [0.1, 0.15) is 0 Å². The van der Waals surface area contributed by atoms with Gasteiger partial charge >= 0.3 is 0 Å². The maximum Gasteiger partial charge on any atom is 0.0687 e. The number of rotatable bonds is 0. The largest absolute Gasteiger partial charge is 0.375 e. The Balaban J connectivity index is 1.72. The minimum Gasteiger partial charge on any atom is -0.375 e. The fourth-order valence-corrected chi connectivity index (χ4v) is 3.95. The minimum absolute atomic E-state index is 0.287. The fourth-order valence-electron chi connectivity index (χ4n) is 3.95. The third-order valence-electron chi connectivity index (χ3n) is 4.93. The molecular formula is C14H24O. The molecule has 1 aliphatic heterocycles. The highest BCUT2D eigenvalue weighted by atomic mass is 16.5. The average Bonchev–Trinajstić information content (AvgIpc) is 2.88. The zero-order valence-corrected chi connectivity index (χ0v) is 10.2. The molecular weight excluding hydrogens is 184 g/mol. The Hall–Kier alpha value is -0.0400. The molecule has 1 spiro atoms. The first-order valence-electron chi connectivity index (χ1n) is 6.73. The molecule has 0 aromatic heterocycles. The van der Waals surface area contributed by atoms with Crippen molar-refractivity contribution in [2.24, 2.45) is 17.3 Å². The van der Waals surface area contributed by atoms with Crippen molar-refractivity contribution < 1.29 is 4.74 Å². The molecule has 86 valence electrons. The van der Waals surface area contributed by atoms with Gasteiger partial charge in [-0.3, -0.25) is 0 Å². The third kappa shape index (κ3) is 1.95. The summed E-state index contributed by atoms with van der Waals surface area (Å²) in [6, 6.07) is 0. The van der Waals surface area contributed by atoms with E-state index in [0.29, 0.717) is 5.41 Å². The van der Waals surface area contributed by atoms with Gasteiger partial charge in [0.2, 0.25) is 0 Å². The third-order valence-corrected chi connectivity index (χ3v) is 4.93. The van der Waals surface area contributed by atoms with E-state index in [-0.39, 0.29) is 5.60 Å². The number of ether oxygens (including phenoxy) is 1. The predicted octanol–water partition coefficient (Wildman–Crippen LogP) is 3.77. The Kier molecular flexibility index (Phi) is 2.18. The van der Waals surface area contributed by atoms with Crippen molar-refractivity contribution in [2.75, 3.05) is 6.61 Å². The van der Waals surface area contributed by atoms with Gasteiger partial charge in [0.25, 0.3) is 0 Å². The van der Waals surface area contributed by atoms with Crippen LogP contribution in [0.25, 0.3) is 0 Å². The molecule has 3 rings (SSSR count). The second-order valence-corrected chi connectivity index (χ2v) is 6.98. The quantitative estimate of drug-likeness (QED) is 0.589. The molecule has 3 atom stereocenters. The van der Waals surface area contributed by atoms with Crippen molar-refractivity contribution in [2.45, 2.75) is 64.4 Å². The molecule has 2 aliphatic carbocycles. The maximum absolute atomic E-state index is 6.32. The molecule has 0 aromatic rings. The van der Waals surface area contributed by atoms with Crippen LogP contribution in [-0.2, 0) is 4.74 Å². The lowest BCUT2D eigenvalue weighted by atomic mass is 9.68. The van der Waals surface area contributed by atoms with Crippen LogP contribution in [0.15, 0.2) is 0 Å². The molecule has 1 saturated heterocycles. The molecule has 2 saturated carbocycles. The van der Waals surface area contributed by atoms with Crippen molar-refractivity contribution in [1.82, 2.24) is 0 Å². The molecule has 15 heavy (non-hydrogen) atoms. The Bertz CT molecular complexity index is 244. The van der Waals surface area contributed by atoms with Crippen LogP contribution in [0.5, 0.6) is 0 Å². The lowest BCUT2D eigenvalue weighted by Gasteiger charge is -2.44. The van der Waals surface area contributed by atoms with Crippen LogP contribution in [0.2, 0.25) is 0 Å². The monoisotopic (exact) mass is 208 g/mol. The van der Waals surface area contributed by atoms with E-state index in [2.05, 4.69) is 13.8 Å². The van der Waals surface area contributed by atoms with Gasteiger partial charge in [0.05, 0.1) is 12.2 Å². The Morgan fingerprint density at radius 2 is 1.93 bits per heavy atom. The van der Waals surface area contributed by atoms with E-state index in [1.807, 2.05) is 0 Å². The van der Waals surface area contributed by atoms with Gasteiger partial charge < -0.3 is 4.74 Å². The zero-order chi connectivity index (χ0) is 10.5. The van der Waals surface area contributed by atoms with E-state index in [1.165, 1.54) is 44.9 Å². The van der Waals surface area contributed by atoms with Gasteiger partial charge in [-0.1, -0.05) is 20.3 Å². The maximum atomic E-state index is 6.32. The summed E-state index contributed by atoms with van der Waals surface area (Å²) >= 11 is 0. The molecule has 0 amide bonds. The highest BCUT2D eigenvalue weighted by Gasteiger charge is 2.47. The lowest BCUT2D eigenvalue weighted by molar-refractivity contribution is -0.101. The van der Waals surface area contributed by atoms with Crippen molar-refractivity contribution in [1.29, 1.82) is 0 Å². The summed E-state index contributed by atoms with van der Waals surface area (Å²) in [6.45, 7) is 5.91. The second-order valence-electron chi connectivity index (χ2n) is 6.98. The van der Waals surface area contributed by atoms with E-state index < -0.39 is 0 Å². The molecule has 1 nitrogen and oxygen atoms in total. The van der Waals surface area contributed by atoms with E-state index >= 15 is 0 Å². The summed E-state index contributed by atoms with van der Waals surface area (Å²) in [5, 5.41) is 0. The summed E-state index contributed by atoms with van der Waals surface area (Å²) in [7, 11) is 0. The van der Waals surface area contributed by atoms with Crippen molar-refractivity contribution in [3.05, 3.63) is 0 Å². The fraction of sp³-hybridized carbons (Fsp3) is 1.00. The van der Waals surface area contributed by atoms with E-state index in [9.17, 15) is 0 Å². The topological polar surface area (TPSA) is 9.23 Å². The molecule has 0 radical (unpaired) electrons. The van der Waals surface area contributed by atoms with Crippen molar-refractivity contribution >= 4 is 0 Å². The van der Waals surface area contributed by atoms with Gasteiger partial charge in [0, 0.05) is 0 Å². The van der Waals surface area contributed by atoms with Crippen LogP contribution >= 0.6 is 0 Å². The van der Waals surface area contributed by atoms with Crippen molar-refractivity contribution in [3.8, 4) is 0 Å². The summed E-state index contributed by atoms with van der Waals surface area (Å²) in [6.07, 6.45) is 9.65. The Morgan fingerprint density at radius 1 is 1.07 bits per heavy atom. The summed E-state index contributed by atoms with van der Waals surface area (Å²) in [5.74, 6) is 1.98. The molecule has 3 fully saturated rings. The molecule has 1 heterocycles. The molecule has 0 bridgehead atoms. The van der Waals surface area contributed by atoms with Crippen LogP contribution in [0.3, 0.4) is 0 Å². The Labute approximate surface area is 93.6 Å². The van der Waals surface area contributed by atoms with Gasteiger partial charge in [-0.05, 0) is 55.8 Å². The number of fused-ring (bicyclic) bond motifs is 1. The highest BCUT2D eigenvalue weighted by Crippen LogP contribution is 2.52. The average molecular weight is 208 g/mol. The molecule has 3 aliphatic rings. The van der Waals surface area contributed by atoms with Gasteiger partial charge in [-0.2, -0.15) is 0 Å². The summed E-state index contributed by atoms with van der Waals surface area (Å²) < 4.78 is 6.32. The van der Waals surface area contributed by atoms with Crippen LogP contribution in [-0.4, -0.2) is 12.2 Å². The first-order chi connectivity index (χ1) is 7.09. The van der Waals surface area contributed by atoms with Crippen LogP contribution in [0.4, 0.5) is 0 Å². The van der Waals surface area contributed by atoms with Crippen LogP contribution in [0, 0.1) is 17.3 Å². The smallest absolute Gasteiger partial charge is 0.0687 e. The standard InChI is InChI=1S/C14H24O/c1-13(2)5-3-6-14(10-13)7-4-11-8-12(11)9-15-14/h11-12H,3-10H2,1-2H3. The zero-order valence-electron chi connectivity index (χ0n) is 10.2. The van der Waals surface area contributed by atoms with Gasteiger partial charge in [-0.15, -0.1) is 0 Å². The van der Waals surface area contributed by atoms with Crippen LogP contribution < -0.4 is 0 Å².